The van der Waals surface area contributed by atoms with Gasteiger partial charge in [-0.15, -0.1) is 28.7 Å². The zero-order chi connectivity index (χ0) is 26.8. The van der Waals surface area contributed by atoms with Crippen LogP contribution in [-0.4, -0.2) is 23.3 Å². The Balaban J connectivity index is 0.00000533. The molecule has 0 saturated carbocycles. The Hall–Kier alpha value is -1.92. The lowest BCUT2D eigenvalue weighted by Gasteiger charge is -2.19. The van der Waals surface area contributed by atoms with Gasteiger partial charge in [0.05, 0.1) is 18.9 Å². The van der Waals surface area contributed by atoms with Crippen LogP contribution in [0.5, 0.6) is 5.75 Å². The molecular weight excluding hydrogens is 568 g/mol. The van der Waals surface area contributed by atoms with Gasteiger partial charge >= 0.3 is 0 Å². The standard InChI is InChI=1S/C33H48N2O2S.BrH/c1-3-4-5-6-7-8-9-10-11-12-13-14-21-37-32-20-16-17-29(23-32)24-33(36)34-31-19-15-18-30(22-31)25-35-27-38-26-28(35)2;/h15-20,22-23,26H,3-14,21,24-25,27H2,1-2H3,(H,34,36);1H. The number of carbonyl (C=O) groups excluding carboxylic acids is 1. The maximum Gasteiger partial charge on any atom is 0.228 e. The molecule has 39 heavy (non-hydrogen) atoms. The predicted octanol–water partition coefficient (Wildman–Crippen LogP) is 9.89. The molecule has 0 aliphatic carbocycles. The van der Waals surface area contributed by atoms with Gasteiger partial charge in [-0.05, 0) is 54.1 Å². The number of hydrogen-bond acceptors (Lipinski definition) is 4. The Bertz CT molecular complexity index is 997. The highest BCUT2D eigenvalue weighted by Gasteiger charge is 2.12. The van der Waals surface area contributed by atoms with Crippen molar-refractivity contribution in [1.82, 2.24) is 4.90 Å². The van der Waals surface area contributed by atoms with Crippen molar-refractivity contribution in [3.8, 4) is 5.75 Å². The number of carbonyl (C=O) groups is 1. The highest BCUT2D eigenvalue weighted by molar-refractivity contribution is 8.93. The first-order valence-corrected chi connectivity index (χ1v) is 15.8. The van der Waals surface area contributed by atoms with Crippen molar-refractivity contribution < 1.29 is 9.53 Å². The fourth-order valence-electron chi connectivity index (χ4n) is 4.83. The minimum absolute atomic E-state index is 0. The summed E-state index contributed by atoms with van der Waals surface area (Å²) in [5.74, 6) is 1.83. The number of ether oxygens (including phenoxy) is 1. The number of allylic oxidation sites excluding steroid dienone is 1. The molecule has 1 amide bonds. The summed E-state index contributed by atoms with van der Waals surface area (Å²) in [5, 5.41) is 5.26. The summed E-state index contributed by atoms with van der Waals surface area (Å²) in [7, 11) is 0. The second-order valence-corrected chi connectivity index (χ2v) is 11.4. The molecule has 0 spiro atoms. The average molecular weight is 618 g/mol. The predicted molar refractivity (Wildman–Crippen MR) is 174 cm³/mol. The molecule has 1 N–H and O–H groups in total. The van der Waals surface area contributed by atoms with Crippen LogP contribution in [0.1, 0.15) is 102 Å². The Labute approximate surface area is 252 Å². The summed E-state index contributed by atoms with van der Waals surface area (Å²) in [6.07, 6.45) is 16.4. The van der Waals surface area contributed by atoms with Crippen LogP contribution < -0.4 is 10.1 Å². The molecule has 2 aromatic rings. The first-order chi connectivity index (χ1) is 18.6. The third kappa shape index (κ3) is 13.8. The lowest BCUT2D eigenvalue weighted by Crippen LogP contribution is -2.17. The molecular formula is C33H49BrN2O2S. The first-order valence-electron chi connectivity index (χ1n) is 14.8. The van der Waals surface area contributed by atoms with Crippen molar-refractivity contribution in [2.45, 2.75) is 104 Å². The highest BCUT2D eigenvalue weighted by Crippen LogP contribution is 2.25. The quantitative estimate of drug-likeness (QED) is 0.159. The monoisotopic (exact) mass is 616 g/mol. The maximum atomic E-state index is 12.7. The van der Waals surface area contributed by atoms with Gasteiger partial charge in [0.25, 0.3) is 0 Å². The number of amides is 1. The van der Waals surface area contributed by atoms with E-state index in [0.717, 1.165) is 42.4 Å². The second kappa shape index (κ2) is 20.0. The molecule has 0 bridgehead atoms. The lowest BCUT2D eigenvalue weighted by atomic mass is 10.1. The van der Waals surface area contributed by atoms with Gasteiger partial charge in [0.15, 0.2) is 0 Å². The number of thioether (sulfide) groups is 1. The lowest BCUT2D eigenvalue weighted by molar-refractivity contribution is -0.115. The van der Waals surface area contributed by atoms with Crippen LogP contribution in [0.3, 0.4) is 0 Å². The van der Waals surface area contributed by atoms with Gasteiger partial charge in [0, 0.05) is 17.9 Å². The smallest absolute Gasteiger partial charge is 0.228 e. The number of halogens is 1. The van der Waals surface area contributed by atoms with E-state index in [0.29, 0.717) is 6.42 Å². The summed E-state index contributed by atoms with van der Waals surface area (Å²) in [6.45, 7) is 6.02. The van der Waals surface area contributed by atoms with Crippen LogP contribution in [0.2, 0.25) is 0 Å². The molecule has 2 aromatic carbocycles. The largest absolute Gasteiger partial charge is 0.494 e. The minimum atomic E-state index is -0.00642. The molecule has 3 rings (SSSR count). The third-order valence-corrected chi connectivity index (χ3v) is 8.07. The maximum absolute atomic E-state index is 12.7. The summed E-state index contributed by atoms with van der Waals surface area (Å²) in [5.41, 5.74) is 4.32. The van der Waals surface area contributed by atoms with Gasteiger partial charge in [-0.1, -0.05) is 102 Å². The first kappa shape index (κ1) is 33.3. The SMILES string of the molecule is Br.CCCCCCCCCCCCCCOc1cccc(CC(=O)Nc2cccc(CN3CSC=C3C)c2)c1. The zero-order valence-corrected chi connectivity index (χ0v) is 26.6. The van der Waals surface area contributed by atoms with Gasteiger partial charge in [-0.25, -0.2) is 0 Å². The Morgan fingerprint density at radius 1 is 0.872 bits per heavy atom. The van der Waals surface area contributed by atoms with E-state index in [1.807, 2.05) is 48.2 Å². The van der Waals surface area contributed by atoms with Crippen LogP contribution in [0.4, 0.5) is 5.69 Å². The van der Waals surface area contributed by atoms with E-state index in [1.54, 1.807) is 0 Å². The van der Waals surface area contributed by atoms with Crippen molar-refractivity contribution in [3.63, 3.8) is 0 Å². The van der Waals surface area contributed by atoms with E-state index in [2.05, 4.69) is 41.6 Å². The number of nitrogens with one attached hydrogen (secondary N) is 1. The number of rotatable bonds is 19. The summed E-state index contributed by atoms with van der Waals surface area (Å²) in [4.78, 5) is 15.1. The van der Waals surface area contributed by atoms with E-state index in [1.165, 1.54) is 81.9 Å². The zero-order valence-electron chi connectivity index (χ0n) is 24.1. The molecule has 4 nitrogen and oxygen atoms in total. The molecule has 1 aliphatic heterocycles. The third-order valence-electron chi connectivity index (χ3n) is 7.10. The minimum Gasteiger partial charge on any atom is -0.494 e. The van der Waals surface area contributed by atoms with Crippen molar-refractivity contribution in [1.29, 1.82) is 0 Å². The highest BCUT2D eigenvalue weighted by atomic mass is 79.9. The van der Waals surface area contributed by atoms with Gasteiger partial charge < -0.3 is 15.0 Å². The van der Waals surface area contributed by atoms with E-state index >= 15 is 0 Å². The molecule has 0 radical (unpaired) electrons. The van der Waals surface area contributed by atoms with Crippen molar-refractivity contribution >= 4 is 40.3 Å². The molecule has 1 heterocycles. The van der Waals surface area contributed by atoms with Crippen molar-refractivity contribution in [2.24, 2.45) is 0 Å². The van der Waals surface area contributed by atoms with Gasteiger partial charge in [0.1, 0.15) is 5.75 Å². The molecule has 0 aromatic heterocycles. The van der Waals surface area contributed by atoms with Crippen molar-refractivity contribution in [3.05, 3.63) is 70.8 Å². The second-order valence-electron chi connectivity index (χ2n) is 10.6. The molecule has 1 aliphatic rings. The van der Waals surface area contributed by atoms with E-state index in [9.17, 15) is 4.79 Å². The fraction of sp³-hybridized carbons (Fsp3) is 0.545. The normalized spacial score (nSPS) is 12.7. The van der Waals surface area contributed by atoms with Crippen LogP contribution >= 0.6 is 28.7 Å². The Morgan fingerprint density at radius 2 is 1.51 bits per heavy atom. The van der Waals surface area contributed by atoms with Crippen LogP contribution in [0.25, 0.3) is 0 Å². The van der Waals surface area contributed by atoms with Crippen LogP contribution in [-0.2, 0) is 17.8 Å². The van der Waals surface area contributed by atoms with Gasteiger partial charge in [-0.2, -0.15) is 0 Å². The fourth-order valence-corrected chi connectivity index (χ4v) is 5.77. The summed E-state index contributed by atoms with van der Waals surface area (Å²) >= 11 is 1.82. The molecule has 6 heteroatoms. The molecule has 0 unspecified atom stereocenters. The average Bonchev–Trinajstić information content (AvgIpc) is 3.31. The summed E-state index contributed by atoms with van der Waals surface area (Å²) in [6, 6.07) is 16.1. The molecule has 216 valence electrons. The number of nitrogens with zero attached hydrogens (tertiary/aromatic N) is 1. The van der Waals surface area contributed by atoms with E-state index < -0.39 is 0 Å². The molecule has 0 atom stereocenters. The van der Waals surface area contributed by atoms with E-state index in [-0.39, 0.29) is 22.9 Å². The van der Waals surface area contributed by atoms with E-state index in [4.69, 9.17) is 4.74 Å². The number of unbranched alkanes of at least 4 members (excludes halogenated alkanes) is 11. The van der Waals surface area contributed by atoms with Crippen LogP contribution in [0.15, 0.2) is 59.6 Å². The Morgan fingerprint density at radius 3 is 2.18 bits per heavy atom. The van der Waals surface area contributed by atoms with Gasteiger partial charge in [-0.3, -0.25) is 4.79 Å². The molecule has 0 saturated heterocycles. The van der Waals surface area contributed by atoms with Crippen molar-refractivity contribution in [2.75, 3.05) is 17.8 Å². The van der Waals surface area contributed by atoms with Gasteiger partial charge in [0.2, 0.25) is 5.91 Å². The number of benzene rings is 2. The molecule has 0 fully saturated rings. The summed E-state index contributed by atoms with van der Waals surface area (Å²) < 4.78 is 5.98. The number of anilines is 1. The number of hydrogen-bond donors (Lipinski definition) is 1. The Kier molecular flexibility index (Phi) is 17.1. The topological polar surface area (TPSA) is 41.6 Å². The van der Waals surface area contributed by atoms with Crippen LogP contribution in [0, 0.1) is 0 Å².